The molecule has 1 aliphatic rings. The molecule has 1 saturated heterocycles. The number of rotatable bonds is 4. The van der Waals surface area contributed by atoms with Gasteiger partial charge in [-0.1, -0.05) is 25.1 Å². The number of amides is 2. The minimum atomic E-state index is -0.0814. The molecule has 0 aliphatic carbocycles. The van der Waals surface area contributed by atoms with Crippen LogP contribution in [0.3, 0.4) is 0 Å². The summed E-state index contributed by atoms with van der Waals surface area (Å²) in [6.45, 7) is 7.83. The van der Waals surface area contributed by atoms with Crippen LogP contribution in [-0.4, -0.2) is 43.5 Å². The number of carbonyl (C=O) groups excluding carboxylic acids is 1. The number of likely N-dealkylation sites (tertiary alicyclic amines) is 1. The van der Waals surface area contributed by atoms with Crippen molar-refractivity contribution in [1.82, 2.24) is 29.7 Å². The zero-order chi connectivity index (χ0) is 19.7. The maximum Gasteiger partial charge on any atom is 0.317 e. The Morgan fingerprint density at radius 1 is 1.39 bits per heavy atom. The molecular formula is C20H26N6O2. The minimum absolute atomic E-state index is 0.0814. The molecule has 0 saturated carbocycles. The summed E-state index contributed by atoms with van der Waals surface area (Å²) < 4.78 is 7.42. The van der Waals surface area contributed by atoms with Crippen molar-refractivity contribution in [2.45, 2.75) is 52.0 Å². The number of pyridine rings is 1. The smallest absolute Gasteiger partial charge is 0.317 e. The highest BCUT2D eigenvalue weighted by Gasteiger charge is 2.28. The number of carbonyl (C=O) groups is 1. The summed E-state index contributed by atoms with van der Waals surface area (Å²) in [6, 6.07) is 3.94. The van der Waals surface area contributed by atoms with E-state index in [9.17, 15) is 4.79 Å². The Morgan fingerprint density at radius 3 is 3.00 bits per heavy atom. The van der Waals surface area contributed by atoms with Crippen LogP contribution in [0.5, 0.6) is 0 Å². The average Bonchev–Trinajstić information content (AvgIpc) is 3.34. The van der Waals surface area contributed by atoms with E-state index in [1.165, 1.54) is 0 Å². The molecule has 1 fully saturated rings. The summed E-state index contributed by atoms with van der Waals surface area (Å²) in [6.07, 6.45) is 5.79. The van der Waals surface area contributed by atoms with Crippen LogP contribution in [0.1, 0.15) is 61.5 Å². The second-order valence-electron chi connectivity index (χ2n) is 7.74. The van der Waals surface area contributed by atoms with E-state index in [0.29, 0.717) is 19.0 Å². The van der Waals surface area contributed by atoms with Gasteiger partial charge in [0.1, 0.15) is 5.65 Å². The highest BCUT2D eigenvalue weighted by molar-refractivity contribution is 5.74. The fourth-order valence-electron chi connectivity index (χ4n) is 3.58. The van der Waals surface area contributed by atoms with Crippen LogP contribution in [0.2, 0.25) is 0 Å². The van der Waals surface area contributed by atoms with Crippen molar-refractivity contribution in [3.63, 3.8) is 0 Å². The summed E-state index contributed by atoms with van der Waals surface area (Å²) >= 11 is 0. The van der Waals surface area contributed by atoms with Gasteiger partial charge in [0.2, 0.25) is 5.89 Å². The van der Waals surface area contributed by atoms with Crippen LogP contribution in [-0.2, 0) is 6.54 Å². The number of nitrogens with one attached hydrogen (secondary N) is 1. The molecule has 4 rings (SSSR count). The van der Waals surface area contributed by atoms with E-state index in [-0.39, 0.29) is 17.9 Å². The van der Waals surface area contributed by atoms with Crippen LogP contribution < -0.4 is 5.32 Å². The standard InChI is InChI=1S/C20H26N6O2/c1-13(2)17-23-19(28-24-17)15-7-5-9-26(11-15)20(27)21-10-16-12-25-8-4-6-14(3)18(25)22-16/h4,6,8,12-13,15H,5,7,9-11H2,1-3H3,(H,21,27)/t15-/m0/s1. The zero-order valence-corrected chi connectivity index (χ0v) is 16.6. The maximum absolute atomic E-state index is 12.7. The van der Waals surface area contributed by atoms with Crippen LogP contribution in [0.4, 0.5) is 4.79 Å². The summed E-state index contributed by atoms with van der Waals surface area (Å²) in [7, 11) is 0. The Bertz CT molecular complexity index is 976. The molecule has 0 spiro atoms. The number of imidazole rings is 1. The number of nitrogens with zero attached hydrogens (tertiary/aromatic N) is 5. The van der Waals surface area contributed by atoms with Crippen molar-refractivity contribution in [1.29, 1.82) is 0 Å². The molecule has 3 aromatic heterocycles. The fourth-order valence-corrected chi connectivity index (χ4v) is 3.58. The molecule has 0 aromatic carbocycles. The van der Waals surface area contributed by atoms with E-state index in [0.717, 1.165) is 42.1 Å². The first-order valence-electron chi connectivity index (χ1n) is 9.80. The van der Waals surface area contributed by atoms with Gasteiger partial charge in [0.15, 0.2) is 5.82 Å². The molecule has 1 aliphatic heterocycles. The van der Waals surface area contributed by atoms with E-state index in [1.54, 1.807) is 0 Å². The number of urea groups is 1. The molecule has 1 N–H and O–H groups in total. The van der Waals surface area contributed by atoms with Gasteiger partial charge in [0, 0.05) is 31.4 Å². The number of fused-ring (bicyclic) bond motifs is 1. The van der Waals surface area contributed by atoms with Crippen molar-refractivity contribution in [2.75, 3.05) is 13.1 Å². The van der Waals surface area contributed by atoms with Gasteiger partial charge in [-0.2, -0.15) is 4.98 Å². The molecule has 0 radical (unpaired) electrons. The third-order valence-corrected chi connectivity index (χ3v) is 5.18. The monoisotopic (exact) mass is 382 g/mol. The van der Waals surface area contributed by atoms with Gasteiger partial charge >= 0.3 is 6.03 Å². The lowest BCUT2D eigenvalue weighted by Crippen LogP contribution is -2.44. The lowest BCUT2D eigenvalue weighted by Gasteiger charge is -2.30. The van der Waals surface area contributed by atoms with Crippen molar-refractivity contribution < 1.29 is 9.32 Å². The molecule has 3 aromatic rings. The Kier molecular flexibility index (Phi) is 5.02. The Balaban J connectivity index is 1.37. The normalized spacial score (nSPS) is 17.4. The first kappa shape index (κ1) is 18.5. The van der Waals surface area contributed by atoms with Crippen molar-refractivity contribution in [3.05, 3.63) is 47.5 Å². The molecule has 148 valence electrons. The van der Waals surface area contributed by atoms with Gasteiger partial charge in [0.25, 0.3) is 0 Å². The zero-order valence-electron chi connectivity index (χ0n) is 16.6. The second-order valence-corrected chi connectivity index (χ2v) is 7.74. The Labute approximate surface area is 163 Å². The third-order valence-electron chi connectivity index (χ3n) is 5.18. The molecule has 28 heavy (non-hydrogen) atoms. The van der Waals surface area contributed by atoms with E-state index in [4.69, 9.17) is 4.52 Å². The van der Waals surface area contributed by atoms with Gasteiger partial charge in [-0.3, -0.25) is 0 Å². The topological polar surface area (TPSA) is 88.6 Å². The second kappa shape index (κ2) is 7.61. The van der Waals surface area contributed by atoms with E-state index >= 15 is 0 Å². The highest BCUT2D eigenvalue weighted by atomic mass is 16.5. The quantitative estimate of drug-likeness (QED) is 0.748. The first-order chi connectivity index (χ1) is 13.5. The molecular weight excluding hydrogens is 356 g/mol. The van der Waals surface area contributed by atoms with Gasteiger partial charge < -0.3 is 19.1 Å². The van der Waals surface area contributed by atoms with Crippen LogP contribution in [0.15, 0.2) is 29.0 Å². The molecule has 4 heterocycles. The molecule has 0 bridgehead atoms. The maximum atomic E-state index is 12.7. The number of hydrogen-bond acceptors (Lipinski definition) is 5. The Hall–Kier alpha value is -2.90. The fraction of sp³-hybridized carbons (Fsp3) is 0.500. The molecule has 1 atom stereocenters. The largest absolute Gasteiger partial charge is 0.339 e. The van der Waals surface area contributed by atoms with Crippen LogP contribution >= 0.6 is 0 Å². The summed E-state index contributed by atoms with van der Waals surface area (Å²) in [5.74, 6) is 1.68. The van der Waals surface area contributed by atoms with Crippen molar-refractivity contribution >= 4 is 11.7 Å². The van der Waals surface area contributed by atoms with Crippen molar-refractivity contribution in [2.24, 2.45) is 0 Å². The SMILES string of the molecule is Cc1cccn2cc(CNC(=O)N3CCC[C@H](c4nc(C(C)C)no4)C3)nc12. The van der Waals surface area contributed by atoms with Crippen LogP contribution in [0.25, 0.3) is 5.65 Å². The van der Waals surface area contributed by atoms with E-state index < -0.39 is 0 Å². The molecule has 2 amide bonds. The number of aromatic nitrogens is 4. The third kappa shape index (κ3) is 3.72. The van der Waals surface area contributed by atoms with E-state index in [1.807, 2.05) is 54.6 Å². The first-order valence-corrected chi connectivity index (χ1v) is 9.80. The lowest BCUT2D eigenvalue weighted by molar-refractivity contribution is 0.171. The Morgan fingerprint density at radius 2 is 2.25 bits per heavy atom. The summed E-state index contributed by atoms with van der Waals surface area (Å²) in [5.41, 5.74) is 2.87. The average molecular weight is 382 g/mol. The number of piperidine rings is 1. The predicted octanol–water partition coefficient (Wildman–Crippen LogP) is 3.24. The minimum Gasteiger partial charge on any atom is -0.339 e. The van der Waals surface area contributed by atoms with Gasteiger partial charge in [-0.05, 0) is 31.4 Å². The van der Waals surface area contributed by atoms with Gasteiger partial charge in [0.05, 0.1) is 18.2 Å². The summed E-state index contributed by atoms with van der Waals surface area (Å²) in [4.78, 5) is 23.6. The highest BCUT2D eigenvalue weighted by Crippen LogP contribution is 2.26. The van der Waals surface area contributed by atoms with E-state index in [2.05, 4.69) is 20.4 Å². The van der Waals surface area contributed by atoms with Gasteiger partial charge in [-0.25, -0.2) is 9.78 Å². The number of aryl methyl sites for hydroxylation is 1. The molecule has 8 heteroatoms. The predicted molar refractivity (Wildman–Crippen MR) is 104 cm³/mol. The molecule has 8 nitrogen and oxygen atoms in total. The number of hydrogen-bond donors (Lipinski definition) is 1. The van der Waals surface area contributed by atoms with Gasteiger partial charge in [-0.15, -0.1) is 0 Å². The van der Waals surface area contributed by atoms with Crippen LogP contribution in [0, 0.1) is 6.92 Å². The summed E-state index contributed by atoms with van der Waals surface area (Å²) in [5, 5.41) is 7.04. The molecule has 0 unspecified atom stereocenters. The van der Waals surface area contributed by atoms with Crippen molar-refractivity contribution in [3.8, 4) is 0 Å². The lowest BCUT2D eigenvalue weighted by atomic mass is 9.98.